The zero-order valence-electron chi connectivity index (χ0n) is 11.9. The fourth-order valence-electron chi connectivity index (χ4n) is 3.85. The molecule has 3 aliphatic rings. The summed E-state index contributed by atoms with van der Waals surface area (Å²) in [6.45, 7) is 5.38. The maximum Gasteiger partial charge on any atom is 0.0195 e. The summed E-state index contributed by atoms with van der Waals surface area (Å²) in [5.41, 5.74) is 0. The third kappa shape index (κ3) is 3.96. The van der Waals surface area contributed by atoms with Crippen LogP contribution in [0.2, 0.25) is 0 Å². The van der Waals surface area contributed by atoms with E-state index in [0.29, 0.717) is 0 Å². The predicted molar refractivity (Wildman–Crippen MR) is 76.8 cm³/mol. The van der Waals surface area contributed by atoms with Gasteiger partial charge in [0.2, 0.25) is 0 Å². The van der Waals surface area contributed by atoms with Crippen molar-refractivity contribution in [1.29, 1.82) is 0 Å². The average Bonchev–Trinajstić information content (AvgIpc) is 3.05. The van der Waals surface area contributed by atoms with E-state index in [2.05, 4.69) is 10.2 Å². The lowest BCUT2D eigenvalue weighted by molar-refractivity contribution is 0.181. The van der Waals surface area contributed by atoms with Crippen LogP contribution in [0.5, 0.6) is 0 Å². The zero-order chi connectivity index (χ0) is 12.2. The van der Waals surface area contributed by atoms with E-state index in [1.165, 1.54) is 84.0 Å². The van der Waals surface area contributed by atoms with Crippen molar-refractivity contribution in [2.24, 2.45) is 11.8 Å². The molecule has 1 atom stereocenters. The van der Waals surface area contributed by atoms with Gasteiger partial charge < -0.3 is 10.2 Å². The molecule has 0 aromatic rings. The molecule has 2 saturated carbocycles. The SMILES string of the molecule is C1CCC(CN(CC2CC2)CC2CCCN2)CC1. The van der Waals surface area contributed by atoms with Gasteiger partial charge in [0.05, 0.1) is 0 Å². The molecule has 1 heterocycles. The lowest BCUT2D eigenvalue weighted by Crippen LogP contribution is -2.41. The quantitative estimate of drug-likeness (QED) is 0.779. The first-order valence-corrected chi connectivity index (χ1v) is 8.36. The maximum atomic E-state index is 3.68. The lowest BCUT2D eigenvalue weighted by Gasteiger charge is -2.31. The summed E-state index contributed by atoms with van der Waals surface area (Å²) in [7, 11) is 0. The molecule has 0 aromatic heterocycles. The zero-order valence-corrected chi connectivity index (χ0v) is 11.9. The van der Waals surface area contributed by atoms with Crippen molar-refractivity contribution in [1.82, 2.24) is 10.2 Å². The fraction of sp³-hybridized carbons (Fsp3) is 1.00. The van der Waals surface area contributed by atoms with Crippen LogP contribution in [0.1, 0.15) is 57.8 Å². The summed E-state index contributed by atoms with van der Waals surface area (Å²) in [6.07, 6.45) is 13.3. The molecule has 18 heavy (non-hydrogen) atoms. The lowest BCUT2D eigenvalue weighted by atomic mass is 9.89. The summed E-state index contributed by atoms with van der Waals surface area (Å²) in [5.74, 6) is 2.06. The minimum absolute atomic E-state index is 0.798. The second-order valence-electron chi connectivity index (χ2n) is 6.96. The Hall–Kier alpha value is -0.0800. The van der Waals surface area contributed by atoms with Crippen LogP contribution >= 0.6 is 0 Å². The van der Waals surface area contributed by atoms with E-state index in [-0.39, 0.29) is 0 Å². The van der Waals surface area contributed by atoms with Crippen molar-refractivity contribution in [3.05, 3.63) is 0 Å². The van der Waals surface area contributed by atoms with Crippen molar-refractivity contribution in [2.45, 2.75) is 63.8 Å². The topological polar surface area (TPSA) is 15.3 Å². The van der Waals surface area contributed by atoms with Gasteiger partial charge in [-0.15, -0.1) is 0 Å². The second-order valence-corrected chi connectivity index (χ2v) is 6.96. The Morgan fingerprint density at radius 2 is 1.44 bits per heavy atom. The standard InChI is InChI=1S/C16H30N2/c1-2-5-14(6-3-1)11-18(12-15-8-9-15)13-16-7-4-10-17-16/h14-17H,1-13H2. The molecule has 0 radical (unpaired) electrons. The molecule has 1 saturated heterocycles. The largest absolute Gasteiger partial charge is 0.313 e. The number of rotatable bonds is 6. The minimum atomic E-state index is 0.798. The molecule has 0 amide bonds. The van der Waals surface area contributed by atoms with Gasteiger partial charge in [0.1, 0.15) is 0 Å². The van der Waals surface area contributed by atoms with Crippen LogP contribution in [-0.2, 0) is 0 Å². The van der Waals surface area contributed by atoms with Crippen molar-refractivity contribution < 1.29 is 0 Å². The van der Waals surface area contributed by atoms with E-state index < -0.39 is 0 Å². The highest BCUT2D eigenvalue weighted by molar-refractivity contribution is 4.84. The maximum absolute atomic E-state index is 3.68. The van der Waals surface area contributed by atoms with Crippen molar-refractivity contribution in [2.75, 3.05) is 26.2 Å². The van der Waals surface area contributed by atoms with Crippen LogP contribution in [0.25, 0.3) is 0 Å². The van der Waals surface area contributed by atoms with Gasteiger partial charge in [0, 0.05) is 25.7 Å². The van der Waals surface area contributed by atoms with Gasteiger partial charge in [-0.25, -0.2) is 0 Å². The van der Waals surface area contributed by atoms with Gasteiger partial charge in [0.15, 0.2) is 0 Å². The van der Waals surface area contributed by atoms with Gasteiger partial charge in [-0.3, -0.25) is 0 Å². The molecule has 1 aliphatic heterocycles. The normalized spacial score (nSPS) is 30.2. The Labute approximate surface area is 113 Å². The molecule has 0 aromatic carbocycles. The van der Waals surface area contributed by atoms with E-state index >= 15 is 0 Å². The van der Waals surface area contributed by atoms with E-state index in [9.17, 15) is 0 Å². The molecule has 1 unspecified atom stereocenters. The molecule has 2 nitrogen and oxygen atoms in total. The van der Waals surface area contributed by atoms with Gasteiger partial charge in [-0.1, -0.05) is 19.3 Å². The van der Waals surface area contributed by atoms with Crippen LogP contribution in [0.3, 0.4) is 0 Å². The van der Waals surface area contributed by atoms with Crippen LogP contribution in [0.15, 0.2) is 0 Å². The van der Waals surface area contributed by atoms with Crippen LogP contribution in [0, 0.1) is 11.8 Å². The van der Waals surface area contributed by atoms with Gasteiger partial charge in [-0.2, -0.15) is 0 Å². The molecular formula is C16H30N2. The first kappa shape index (κ1) is 12.9. The van der Waals surface area contributed by atoms with E-state index in [1.807, 2.05) is 0 Å². The van der Waals surface area contributed by atoms with Crippen molar-refractivity contribution >= 4 is 0 Å². The third-order valence-electron chi connectivity index (χ3n) is 5.10. The Morgan fingerprint density at radius 1 is 0.722 bits per heavy atom. The summed E-state index contributed by atoms with van der Waals surface area (Å²) in [5, 5.41) is 3.68. The Bertz CT molecular complexity index is 237. The van der Waals surface area contributed by atoms with E-state index in [4.69, 9.17) is 0 Å². The highest BCUT2D eigenvalue weighted by Gasteiger charge is 2.28. The Balaban J connectivity index is 1.47. The van der Waals surface area contributed by atoms with Crippen LogP contribution in [-0.4, -0.2) is 37.1 Å². The van der Waals surface area contributed by atoms with E-state index in [1.54, 1.807) is 0 Å². The molecular weight excluding hydrogens is 220 g/mol. The van der Waals surface area contributed by atoms with Gasteiger partial charge >= 0.3 is 0 Å². The Morgan fingerprint density at radius 3 is 2.06 bits per heavy atom. The monoisotopic (exact) mass is 250 g/mol. The first-order valence-electron chi connectivity index (χ1n) is 8.36. The van der Waals surface area contributed by atoms with Crippen LogP contribution < -0.4 is 5.32 Å². The molecule has 1 N–H and O–H groups in total. The minimum Gasteiger partial charge on any atom is -0.313 e. The van der Waals surface area contributed by atoms with Crippen molar-refractivity contribution in [3.8, 4) is 0 Å². The van der Waals surface area contributed by atoms with Gasteiger partial charge in [0.25, 0.3) is 0 Å². The predicted octanol–water partition coefficient (Wildman–Crippen LogP) is 3.03. The highest BCUT2D eigenvalue weighted by atomic mass is 15.2. The average molecular weight is 250 g/mol. The second kappa shape index (κ2) is 6.38. The number of hydrogen-bond acceptors (Lipinski definition) is 2. The number of nitrogens with zero attached hydrogens (tertiary/aromatic N) is 1. The molecule has 104 valence electrons. The molecule has 3 fully saturated rings. The fourth-order valence-corrected chi connectivity index (χ4v) is 3.85. The number of hydrogen-bond donors (Lipinski definition) is 1. The summed E-state index contributed by atoms with van der Waals surface area (Å²) < 4.78 is 0. The molecule has 0 spiro atoms. The third-order valence-corrected chi connectivity index (χ3v) is 5.10. The summed E-state index contributed by atoms with van der Waals surface area (Å²) >= 11 is 0. The first-order chi connectivity index (χ1) is 8.90. The number of nitrogens with one attached hydrogen (secondary N) is 1. The smallest absolute Gasteiger partial charge is 0.0195 e. The highest BCUT2D eigenvalue weighted by Crippen LogP contribution is 2.31. The van der Waals surface area contributed by atoms with E-state index in [0.717, 1.165) is 17.9 Å². The molecule has 2 heteroatoms. The van der Waals surface area contributed by atoms with Crippen LogP contribution in [0.4, 0.5) is 0 Å². The molecule has 0 bridgehead atoms. The summed E-state index contributed by atoms with van der Waals surface area (Å²) in [4.78, 5) is 2.82. The summed E-state index contributed by atoms with van der Waals surface area (Å²) in [6, 6.07) is 0.798. The van der Waals surface area contributed by atoms with Gasteiger partial charge in [-0.05, 0) is 56.9 Å². The van der Waals surface area contributed by atoms with Crippen molar-refractivity contribution in [3.63, 3.8) is 0 Å². The molecule has 3 rings (SSSR count). The Kier molecular flexibility index (Phi) is 4.58. The molecule has 2 aliphatic carbocycles.